The minimum atomic E-state index is -0.978. The minimum Gasteiger partial charge on any atom is -0.427 e. The summed E-state index contributed by atoms with van der Waals surface area (Å²) in [7, 11) is 0. The number of hydrogen-bond acceptors (Lipinski definition) is 8. The molecule has 0 saturated heterocycles. The van der Waals surface area contributed by atoms with Gasteiger partial charge >= 0.3 is 11.4 Å². The van der Waals surface area contributed by atoms with Crippen LogP contribution in [0.4, 0.5) is 16.2 Å². The Morgan fingerprint density at radius 3 is 1.42 bits per heavy atom. The van der Waals surface area contributed by atoms with Crippen molar-refractivity contribution in [2.45, 2.75) is 6.92 Å². The van der Waals surface area contributed by atoms with Crippen LogP contribution in [0.25, 0.3) is 0 Å². The van der Waals surface area contributed by atoms with E-state index < -0.39 is 21.2 Å². The SMILES string of the molecule is CC(=O)Oc1ccc([N+](=O)[O-])cc1.O=C(Cl)Oc1ccc([N+](=O)[O-])cc1. The van der Waals surface area contributed by atoms with Crippen molar-refractivity contribution in [3.63, 3.8) is 0 Å². The van der Waals surface area contributed by atoms with Gasteiger partial charge in [-0.15, -0.1) is 0 Å². The second-order valence-electron chi connectivity index (χ2n) is 4.44. The van der Waals surface area contributed by atoms with E-state index in [2.05, 4.69) is 9.47 Å². The largest absolute Gasteiger partial charge is 0.427 e. The standard InChI is InChI=1S/C8H7NO4.C7H4ClNO4/c1-6(10)13-8-4-2-7(3-5-8)9(11)12;8-7(10)13-6-3-1-5(2-4-6)9(11)12/h2-5H,1H3;1-4H. The Morgan fingerprint density at radius 1 is 0.808 bits per heavy atom. The highest BCUT2D eigenvalue weighted by molar-refractivity contribution is 6.61. The molecule has 0 aliphatic rings. The zero-order chi connectivity index (χ0) is 19.7. The maximum absolute atomic E-state index is 10.5. The van der Waals surface area contributed by atoms with Crippen molar-refractivity contribution in [1.82, 2.24) is 0 Å². The number of nitro benzene ring substituents is 2. The van der Waals surface area contributed by atoms with Gasteiger partial charge in [-0.3, -0.25) is 25.0 Å². The van der Waals surface area contributed by atoms with Gasteiger partial charge in [-0.05, 0) is 24.3 Å². The fraction of sp³-hybridized carbons (Fsp3) is 0.0667. The number of ether oxygens (including phenoxy) is 2. The number of esters is 1. The Morgan fingerprint density at radius 2 is 1.15 bits per heavy atom. The molecule has 2 aromatic carbocycles. The van der Waals surface area contributed by atoms with Crippen LogP contribution in [0.2, 0.25) is 0 Å². The Hall–Kier alpha value is -3.53. The Kier molecular flexibility index (Phi) is 7.65. The number of hydrogen-bond donors (Lipinski definition) is 0. The monoisotopic (exact) mass is 382 g/mol. The molecule has 0 spiro atoms. The van der Waals surface area contributed by atoms with Gasteiger partial charge in [-0.25, -0.2) is 4.79 Å². The molecule has 136 valence electrons. The summed E-state index contributed by atoms with van der Waals surface area (Å²) >= 11 is 4.92. The molecule has 0 aliphatic carbocycles. The van der Waals surface area contributed by atoms with E-state index in [0.717, 1.165) is 0 Å². The fourth-order valence-corrected chi connectivity index (χ4v) is 1.62. The lowest BCUT2D eigenvalue weighted by Crippen LogP contribution is -2.01. The van der Waals surface area contributed by atoms with Crippen molar-refractivity contribution in [3.05, 3.63) is 68.8 Å². The van der Waals surface area contributed by atoms with Gasteiger partial charge in [-0.2, -0.15) is 0 Å². The summed E-state index contributed by atoms with van der Waals surface area (Å²) in [5.41, 5.74) is -1.08. The first-order valence-electron chi connectivity index (χ1n) is 6.73. The van der Waals surface area contributed by atoms with E-state index in [1.807, 2.05) is 0 Å². The summed E-state index contributed by atoms with van der Waals surface area (Å²) in [6.07, 6.45) is 0. The van der Waals surface area contributed by atoms with E-state index >= 15 is 0 Å². The first kappa shape index (κ1) is 20.5. The summed E-state index contributed by atoms with van der Waals surface area (Å²) in [5.74, 6) is 0.0255. The summed E-state index contributed by atoms with van der Waals surface area (Å²) in [4.78, 5) is 40.1. The van der Waals surface area contributed by atoms with Crippen molar-refractivity contribution in [2.24, 2.45) is 0 Å². The van der Waals surface area contributed by atoms with Gasteiger partial charge in [0.05, 0.1) is 9.85 Å². The Bertz CT molecular complexity index is 736. The summed E-state index contributed by atoms with van der Waals surface area (Å²) < 4.78 is 9.14. The number of nitrogens with zero attached hydrogens (tertiary/aromatic N) is 2. The van der Waals surface area contributed by atoms with Crippen LogP contribution in [0, 0.1) is 20.2 Å². The highest BCUT2D eigenvalue weighted by atomic mass is 35.5. The number of halogens is 1. The van der Waals surface area contributed by atoms with Crippen LogP contribution in [-0.4, -0.2) is 21.2 Å². The van der Waals surface area contributed by atoms with Gasteiger partial charge in [0.25, 0.3) is 11.4 Å². The maximum atomic E-state index is 10.5. The molecule has 11 heteroatoms. The van der Waals surface area contributed by atoms with Crippen molar-refractivity contribution < 1.29 is 28.9 Å². The zero-order valence-corrected chi connectivity index (χ0v) is 13.9. The molecule has 0 bridgehead atoms. The quantitative estimate of drug-likeness (QED) is 0.255. The molecule has 0 fully saturated rings. The molecule has 2 rings (SSSR count). The fourth-order valence-electron chi connectivity index (χ4n) is 1.53. The molecular formula is C15H11ClN2O8. The number of carbonyl (C=O) groups excluding carboxylic acids is 2. The molecule has 10 nitrogen and oxygen atoms in total. The molecule has 0 aromatic heterocycles. The van der Waals surface area contributed by atoms with Gasteiger partial charge in [0, 0.05) is 42.8 Å². The van der Waals surface area contributed by atoms with Crippen LogP contribution in [0.5, 0.6) is 11.5 Å². The van der Waals surface area contributed by atoms with Gasteiger partial charge in [0.15, 0.2) is 0 Å². The molecule has 0 N–H and O–H groups in total. The normalized spacial score (nSPS) is 9.31. The average Bonchev–Trinajstić information content (AvgIpc) is 2.55. The van der Waals surface area contributed by atoms with Gasteiger partial charge < -0.3 is 9.47 Å². The number of non-ortho nitro benzene ring substituents is 2. The van der Waals surface area contributed by atoms with Crippen molar-refractivity contribution in [3.8, 4) is 11.5 Å². The van der Waals surface area contributed by atoms with E-state index in [9.17, 15) is 29.8 Å². The number of benzene rings is 2. The highest BCUT2D eigenvalue weighted by Gasteiger charge is 2.06. The van der Waals surface area contributed by atoms with E-state index in [-0.39, 0.29) is 17.1 Å². The molecule has 0 unspecified atom stereocenters. The Labute approximate surface area is 151 Å². The predicted octanol–water partition coefficient (Wildman–Crippen LogP) is 3.85. The lowest BCUT2D eigenvalue weighted by atomic mass is 10.3. The van der Waals surface area contributed by atoms with Crippen LogP contribution in [0.1, 0.15) is 6.92 Å². The second-order valence-corrected chi connectivity index (χ2v) is 4.74. The number of rotatable bonds is 4. The van der Waals surface area contributed by atoms with Crippen LogP contribution < -0.4 is 9.47 Å². The second kappa shape index (κ2) is 9.69. The summed E-state index contributed by atoms with van der Waals surface area (Å²) in [5, 5.41) is 20.4. The van der Waals surface area contributed by atoms with Crippen molar-refractivity contribution >= 4 is 34.4 Å². The predicted molar refractivity (Wildman–Crippen MR) is 89.4 cm³/mol. The molecule has 0 aliphatic heterocycles. The third-order valence-corrected chi connectivity index (χ3v) is 2.63. The minimum absolute atomic E-state index is 0.0316. The molecule has 2 aromatic rings. The summed E-state index contributed by atoms with van der Waals surface area (Å²) in [6.45, 7) is 1.27. The average molecular weight is 383 g/mol. The van der Waals surface area contributed by atoms with Crippen LogP contribution in [0.15, 0.2) is 48.5 Å². The van der Waals surface area contributed by atoms with E-state index in [0.29, 0.717) is 5.75 Å². The van der Waals surface area contributed by atoms with Crippen molar-refractivity contribution in [1.29, 1.82) is 0 Å². The number of nitro groups is 2. The van der Waals surface area contributed by atoms with Crippen LogP contribution in [0.3, 0.4) is 0 Å². The topological polar surface area (TPSA) is 139 Å². The Balaban J connectivity index is 0.000000260. The third-order valence-electron chi connectivity index (χ3n) is 2.55. The van der Waals surface area contributed by atoms with E-state index in [4.69, 9.17) is 11.6 Å². The molecule has 0 atom stereocenters. The van der Waals surface area contributed by atoms with Crippen LogP contribution >= 0.6 is 11.6 Å². The van der Waals surface area contributed by atoms with Crippen molar-refractivity contribution in [2.75, 3.05) is 0 Å². The molecular weight excluding hydrogens is 372 g/mol. The van der Waals surface area contributed by atoms with Crippen LogP contribution in [-0.2, 0) is 4.79 Å². The molecule has 0 amide bonds. The lowest BCUT2D eigenvalue weighted by Gasteiger charge is -1.98. The lowest BCUT2D eigenvalue weighted by molar-refractivity contribution is -0.385. The number of carbonyl (C=O) groups is 2. The van der Waals surface area contributed by atoms with E-state index in [1.165, 1.54) is 55.5 Å². The molecule has 0 radical (unpaired) electrons. The van der Waals surface area contributed by atoms with Gasteiger partial charge in [0.1, 0.15) is 11.5 Å². The van der Waals surface area contributed by atoms with E-state index in [1.54, 1.807) is 0 Å². The molecule has 0 heterocycles. The molecule has 0 saturated carbocycles. The third kappa shape index (κ3) is 7.36. The summed E-state index contributed by atoms with van der Waals surface area (Å²) in [6, 6.07) is 10.3. The maximum Gasteiger partial charge on any atom is 0.409 e. The first-order chi connectivity index (χ1) is 12.2. The smallest absolute Gasteiger partial charge is 0.409 e. The van der Waals surface area contributed by atoms with Gasteiger partial charge in [-0.1, -0.05) is 0 Å². The molecule has 26 heavy (non-hydrogen) atoms. The highest BCUT2D eigenvalue weighted by Crippen LogP contribution is 2.18. The zero-order valence-electron chi connectivity index (χ0n) is 13.2. The first-order valence-corrected chi connectivity index (χ1v) is 7.11. The van der Waals surface area contributed by atoms with Gasteiger partial charge in [0.2, 0.25) is 0 Å².